The van der Waals surface area contributed by atoms with Crippen molar-refractivity contribution in [1.29, 1.82) is 0 Å². The molecule has 0 atom stereocenters. The fourth-order valence-corrected chi connectivity index (χ4v) is 2.20. The molecule has 1 aromatic heterocycles. The molecular weight excluding hydrogens is 257 g/mol. The molecule has 2 rings (SSSR count). The van der Waals surface area contributed by atoms with E-state index in [1.807, 2.05) is 20.0 Å². The van der Waals surface area contributed by atoms with Gasteiger partial charge in [-0.15, -0.1) is 0 Å². The molecule has 0 saturated carbocycles. The van der Waals surface area contributed by atoms with Gasteiger partial charge in [0, 0.05) is 23.5 Å². The average Bonchev–Trinajstić information content (AvgIpc) is 2.76. The number of nitrogens with one attached hydrogen (secondary N) is 1. The van der Waals surface area contributed by atoms with Crippen molar-refractivity contribution >= 4 is 16.9 Å². The zero-order valence-electron chi connectivity index (χ0n) is 11.9. The number of rotatable bonds is 6. The molecule has 1 heterocycles. The number of fused-ring (bicyclic) bond motifs is 1. The molecule has 0 fully saturated rings. The van der Waals surface area contributed by atoms with Crippen LogP contribution < -0.4 is 0 Å². The van der Waals surface area contributed by atoms with Crippen molar-refractivity contribution in [2.24, 2.45) is 5.92 Å². The molecule has 0 aliphatic heterocycles. The van der Waals surface area contributed by atoms with Crippen LogP contribution in [0.25, 0.3) is 10.9 Å². The maximum atomic E-state index is 13.2. The monoisotopic (exact) mass is 277 g/mol. The molecule has 0 spiro atoms. The molecule has 1 aromatic carbocycles. The van der Waals surface area contributed by atoms with E-state index in [-0.39, 0.29) is 11.8 Å². The highest BCUT2D eigenvalue weighted by atomic mass is 19.1. The summed E-state index contributed by atoms with van der Waals surface area (Å²) in [5.41, 5.74) is 1.98. The average molecular weight is 277 g/mol. The lowest BCUT2D eigenvalue weighted by atomic mass is 10.1. The third-order valence-corrected chi connectivity index (χ3v) is 3.16. The number of hydrogen-bond acceptors (Lipinski definition) is 2. The Kier molecular flexibility index (Phi) is 4.77. The second-order valence-electron chi connectivity index (χ2n) is 5.43. The van der Waals surface area contributed by atoms with Crippen LogP contribution in [0.1, 0.15) is 32.3 Å². The first kappa shape index (κ1) is 14.6. The van der Waals surface area contributed by atoms with Crippen molar-refractivity contribution in [3.8, 4) is 0 Å². The molecule has 2 aromatic rings. The molecule has 0 amide bonds. The van der Waals surface area contributed by atoms with E-state index >= 15 is 0 Å². The molecule has 0 radical (unpaired) electrons. The van der Waals surface area contributed by atoms with Gasteiger partial charge in [0.2, 0.25) is 0 Å². The molecule has 20 heavy (non-hydrogen) atoms. The zero-order valence-corrected chi connectivity index (χ0v) is 11.9. The minimum absolute atomic E-state index is 0.148. The van der Waals surface area contributed by atoms with E-state index in [0.717, 1.165) is 29.3 Å². The predicted octanol–water partition coefficient (Wildman–Crippen LogP) is 3.83. The van der Waals surface area contributed by atoms with E-state index in [2.05, 4.69) is 4.98 Å². The number of aromatic nitrogens is 1. The molecule has 108 valence electrons. The Morgan fingerprint density at radius 1 is 1.40 bits per heavy atom. The van der Waals surface area contributed by atoms with Crippen molar-refractivity contribution in [1.82, 2.24) is 4.98 Å². The van der Waals surface area contributed by atoms with Crippen molar-refractivity contribution in [3.05, 3.63) is 35.8 Å². The van der Waals surface area contributed by atoms with Gasteiger partial charge >= 0.3 is 5.97 Å². The van der Waals surface area contributed by atoms with E-state index < -0.39 is 0 Å². The lowest BCUT2D eigenvalue weighted by Crippen LogP contribution is -2.09. The Labute approximate surface area is 118 Å². The Hall–Kier alpha value is -1.84. The lowest BCUT2D eigenvalue weighted by Gasteiger charge is -2.06. The van der Waals surface area contributed by atoms with Crippen LogP contribution in [-0.4, -0.2) is 17.6 Å². The van der Waals surface area contributed by atoms with Gasteiger partial charge in [-0.1, -0.05) is 13.8 Å². The molecule has 0 bridgehead atoms. The maximum Gasteiger partial charge on any atom is 0.306 e. The lowest BCUT2D eigenvalue weighted by molar-refractivity contribution is -0.144. The van der Waals surface area contributed by atoms with E-state index in [4.69, 9.17) is 4.74 Å². The first-order chi connectivity index (χ1) is 9.56. The topological polar surface area (TPSA) is 42.1 Å². The SMILES string of the molecule is CC(C)CC(=O)OCCCc1c[nH]c2ccc(F)cc12. The Bertz CT molecular complexity index is 589. The number of halogens is 1. The van der Waals surface area contributed by atoms with E-state index in [1.54, 1.807) is 6.07 Å². The third-order valence-electron chi connectivity index (χ3n) is 3.16. The summed E-state index contributed by atoms with van der Waals surface area (Å²) in [6.07, 6.45) is 3.85. The molecular formula is C16H20FNO2. The summed E-state index contributed by atoms with van der Waals surface area (Å²) in [6.45, 7) is 4.39. The zero-order chi connectivity index (χ0) is 14.5. The largest absolute Gasteiger partial charge is 0.466 e. The fraction of sp³-hybridized carbons (Fsp3) is 0.438. The van der Waals surface area contributed by atoms with Gasteiger partial charge in [-0.3, -0.25) is 4.79 Å². The number of hydrogen-bond donors (Lipinski definition) is 1. The molecule has 0 aliphatic rings. The van der Waals surface area contributed by atoms with Gasteiger partial charge in [0.25, 0.3) is 0 Å². The number of carbonyl (C=O) groups excluding carboxylic acids is 1. The van der Waals surface area contributed by atoms with Gasteiger partial charge in [0.1, 0.15) is 5.82 Å². The van der Waals surface area contributed by atoms with Crippen LogP contribution in [-0.2, 0) is 16.0 Å². The van der Waals surface area contributed by atoms with Gasteiger partial charge in [-0.2, -0.15) is 0 Å². The van der Waals surface area contributed by atoms with Crippen LogP contribution in [0.5, 0.6) is 0 Å². The van der Waals surface area contributed by atoms with Gasteiger partial charge in [-0.25, -0.2) is 4.39 Å². The van der Waals surface area contributed by atoms with Crippen molar-refractivity contribution in [3.63, 3.8) is 0 Å². The summed E-state index contributed by atoms with van der Waals surface area (Å²) in [6, 6.07) is 4.71. The molecule has 4 heteroatoms. The van der Waals surface area contributed by atoms with Crippen molar-refractivity contribution < 1.29 is 13.9 Å². The molecule has 0 saturated heterocycles. The number of benzene rings is 1. The summed E-state index contributed by atoms with van der Waals surface area (Å²) in [5, 5.41) is 0.901. The van der Waals surface area contributed by atoms with Gasteiger partial charge in [0.15, 0.2) is 0 Å². The second-order valence-corrected chi connectivity index (χ2v) is 5.43. The van der Waals surface area contributed by atoms with Crippen LogP contribution in [0.2, 0.25) is 0 Å². The van der Waals surface area contributed by atoms with Crippen molar-refractivity contribution in [2.45, 2.75) is 33.1 Å². The van der Waals surface area contributed by atoms with Crippen LogP contribution in [0.4, 0.5) is 4.39 Å². The van der Waals surface area contributed by atoms with E-state index in [0.29, 0.717) is 18.9 Å². The number of H-pyrrole nitrogens is 1. The predicted molar refractivity (Wildman–Crippen MR) is 77.0 cm³/mol. The Morgan fingerprint density at radius 2 is 2.20 bits per heavy atom. The van der Waals surface area contributed by atoms with Gasteiger partial charge in [0.05, 0.1) is 6.61 Å². The summed E-state index contributed by atoms with van der Waals surface area (Å²) in [5.74, 6) is -0.0641. The van der Waals surface area contributed by atoms with Crippen LogP contribution in [0.15, 0.2) is 24.4 Å². The van der Waals surface area contributed by atoms with Crippen LogP contribution in [0, 0.1) is 11.7 Å². The highest BCUT2D eigenvalue weighted by molar-refractivity contribution is 5.83. The molecule has 3 nitrogen and oxygen atoms in total. The van der Waals surface area contributed by atoms with Crippen LogP contribution >= 0.6 is 0 Å². The Balaban J connectivity index is 1.84. The highest BCUT2D eigenvalue weighted by Crippen LogP contribution is 2.20. The second kappa shape index (κ2) is 6.55. The molecule has 1 N–H and O–H groups in total. The third kappa shape index (κ3) is 3.83. The summed E-state index contributed by atoms with van der Waals surface area (Å²) >= 11 is 0. The maximum absolute atomic E-state index is 13.2. The first-order valence-corrected chi connectivity index (χ1v) is 6.97. The smallest absolute Gasteiger partial charge is 0.306 e. The van der Waals surface area contributed by atoms with Crippen molar-refractivity contribution in [2.75, 3.05) is 6.61 Å². The van der Waals surface area contributed by atoms with E-state index in [9.17, 15) is 9.18 Å². The van der Waals surface area contributed by atoms with Crippen LogP contribution in [0.3, 0.4) is 0 Å². The minimum atomic E-state index is -0.235. The van der Waals surface area contributed by atoms with E-state index in [1.165, 1.54) is 12.1 Å². The standard InChI is InChI=1S/C16H20FNO2/c1-11(2)8-16(19)20-7-3-4-12-10-18-15-6-5-13(17)9-14(12)15/h5-6,9-11,18H,3-4,7-8H2,1-2H3. The number of carbonyl (C=O) groups is 1. The number of aryl methyl sites for hydroxylation is 1. The number of ether oxygens (including phenoxy) is 1. The number of aromatic amines is 1. The first-order valence-electron chi connectivity index (χ1n) is 6.97. The minimum Gasteiger partial charge on any atom is -0.466 e. The molecule has 0 unspecified atom stereocenters. The summed E-state index contributed by atoms with van der Waals surface area (Å²) in [4.78, 5) is 14.5. The quantitative estimate of drug-likeness (QED) is 0.644. The summed E-state index contributed by atoms with van der Waals surface area (Å²) in [7, 11) is 0. The summed E-state index contributed by atoms with van der Waals surface area (Å²) < 4.78 is 18.4. The van der Waals surface area contributed by atoms with Gasteiger partial charge in [-0.05, 0) is 42.5 Å². The number of esters is 1. The fourth-order valence-electron chi connectivity index (χ4n) is 2.20. The Morgan fingerprint density at radius 3 is 2.95 bits per heavy atom. The molecule has 0 aliphatic carbocycles. The van der Waals surface area contributed by atoms with Gasteiger partial charge < -0.3 is 9.72 Å². The normalized spacial score (nSPS) is 11.2. The highest BCUT2D eigenvalue weighted by Gasteiger charge is 2.07.